The number of nitrogens with zero attached hydrogens (tertiary/aromatic N) is 2. The van der Waals surface area contributed by atoms with E-state index >= 15 is 0 Å². The predicted molar refractivity (Wildman–Crippen MR) is 111 cm³/mol. The van der Waals surface area contributed by atoms with E-state index in [0.29, 0.717) is 31.6 Å². The van der Waals surface area contributed by atoms with Gasteiger partial charge in [0.2, 0.25) is 5.91 Å². The molecule has 1 saturated heterocycles. The summed E-state index contributed by atoms with van der Waals surface area (Å²) in [6, 6.07) is 1.04. The topological polar surface area (TPSA) is 107 Å². The average molecular weight is 436 g/mol. The first-order valence-corrected chi connectivity index (χ1v) is 10.9. The second-order valence-electron chi connectivity index (χ2n) is 9.56. The lowest BCUT2D eigenvalue weighted by molar-refractivity contribution is -0.147. The largest absolute Gasteiger partial charge is 0.481 e. The van der Waals surface area contributed by atoms with Crippen LogP contribution >= 0.6 is 0 Å². The monoisotopic (exact) mass is 435 g/mol. The Labute approximate surface area is 181 Å². The third-order valence-corrected chi connectivity index (χ3v) is 8.14. The summed E-state index contributed by atoms with van der Waals surface area (Å²) in [6.07, 6.45) is 5.87. The molecule has 1 aliphatic heterocycles. The van der Waals surface area contributed by atoms with Gasteiger partial charge in [-0.2, -0.15) is 5.26 Å². The molecule has 1 heterocycles. The van der Waals surface area contributed by atoms with Crippen LogP contribution in [-0.4, -0.2) is 40.0 Å². The Hall–Kier alpha value is -2.27. The van der Waals surface area contributed by atoms with Gasteiger partial charge in [0.05, 0.1) is 23.9 Å². The number of nitriles is 1. The minimum absolute atomic E-state index is 0.160. The van der Waals surface area contributed by atoms with Gasteiger partial charge in [0.1, 0.15) is 11.9 Å². The Morgan fingerprint density at radius 3 is 1.97 bits per heavy atom. The van der Waals surface area contributed by atoms with Gasteiger partial charge in [-0.25, -0.2) is 8.78 Å². The number of hydrogen-bond donors (Lipinski definition) is 2. The Morgan fingerprint density at radius 1 is 1.13 bits per heavy atom. The fraction of sp³-hybridized carbons (Fsp3) is 0.696. The lowest BCUT2D eigenvalue weighted by Gasteiger charge is -2.45. The fourth-order valence-electron chi connectivity index (χ4n) is 5.33. The molecule has 4 fully saturated rings. The van der Waals surface area contributed by atoms with Gasteiger partial charge in [0.15, 0.2) is 0 Å². The molecular weight excluding hydrogens is 404 g/mol. The molecule has 0 spiro atoms. The van der Waals surface area contributed by atoms with Gasteiger partial charge in [0.25, 0.3) is 0 Å². The van der Waals surface area contributed by atoms with Crippen LogP contribution in [0.2, 0.25) is 0 Å². The molecule has 3 N–H and O–H groups in total. The van der Waals surface area contributed by atoms with Crippen molar-refractivity contribution in [2.45, 2.75) is 76.4 Å². The van der Waals surface area contributed by atoms with E-state index in [4.69, 9.17) is 16.1 Å². The van der Waals surface area contributed by atoms with Crippen LogP contribution in [0.25, 0.3) is 0 Å². The number of rotatable bonds is 6. The quantitative estimate of drug-likeness (QED) is 0.659. The van der Waals surface area contributed by atoms with Crippen molar-refractivity contribution in [1.29, 1.82) is 5.26 Å². The number of likely N-dealkylation sites (tertiary alicyclic amines) is 1. The van der Waals surface area contributed by atoms with Gasteiger partial charge in [-0.05, 0) is 44.4 Å². The van der Waals surface area contributed by atoms with Gasteiger partial charge in [-0.1, -0.05) is 32.9 Å². The highest BCUT2D eigenvalue weighted by atomic mass is 19.1. The molecular formula is C23H31F2N3O3. The maximum Gasteiger partial charge on any atom is 0.307 e. The summed E-state index contributed by atoms with van der Waals surface area (Å²) in [5, 5.41) is 17.8. The summed E-state index contributed by atoms with van der Waals surface area (Å²) < 4.78 is 26.6. The molecule has 0 aromatic carbocycles. The number of fused-ring (bicyclic) bond motifs is 1. The van der Waals surface area contributed by atoms with Gasteiger partial charge < -0.3 is 15.7 Å². The van der Waals surface area contributed by atoms with Crippen LogP contribution in [0.15, 0.2) is 24.8 Å². The number of halogens is 2. The third kappa shape index (κ3) is 3.78. The first-order valence-electron chi connectivity index (χ1n) is 10.9. The smallest absolute Gasteiger partial charge is 0.307 e. The van der Waals surface area contributed by atoms with Crippen molar-refractivity contribution in [3.8, 4) is 6.07 Å². The number of carbonyl (C=O) groups excluding carboxylic acids is 1. The Balaban J connectivity index is 0.000000196. The number of amides is 1. The van der Waals surface area contributed by atoms with E-state index in [1.807, 2.05) is 0 Å². The van der Waals surface area contributed by atoms with Gasteiger partial charge in [-0.15, -0.1) is 0 Å². The summed E-state index contributed by atoms with van der Waals surface area (Å²) in [5.41, 5.74) is 4.39. The van der Waals surface area contributed by atoms with Crippen molar-refractivity contribution in [2.24, 2.45) is 28.4 Å². The molecule has 31 heavy (non-hydrogen) atoms. The number of nitrogens with two attached hydrogens (primary N) is 1. The van der Waals surface area contributed by atoms with E-state index < -0.39 is 40.4 Å². The summed E-state index contributed by atoms with van der Waals surface area (Å²) in [7, 11) is 0. The highest BCUT2D eigenvalue weighted by Crippen LogP contribution is 2.53. The zero-order chi connectivity index (χ0) is 23.1. The van der Waals surface area contributed by atoms with Gasteiger partial charge in [-0.3, -0.25) is 9.59 Å². The van der Waals surface area contributed by atoms with Crippen molar-refractivity contribution in [3.05, 3.63) is 24.8 Å². The zero-order valence-electron chi connectivity index (χ0n) is 17.9. The lowest BCUT2D eigenvalue weighted by Crippen LogP contribution is -2.57. The first-order chi connectivity index (χ1) is 14.5. The van der Waals surface area contributed by atoms with Crippen LogP contribution in [0.4, 0.5) is 8.78 Å². The van der Waals surface area contributed by atoms with Gasteiger partial charge in [0, 0.05) is 16.9 Å². The molecule has 3 aliphatic carbocycles. The second kappa shape index (κ2) is 8.34. The SMILES string of the molecule is C=C(F)C1(C(C)C(=O)O)CCC1.C=C(F)C1([C@H](N)C(=O)N2C(C#N)C[C@@H]3C[C@@H]32)CCC1. The molecule has 8 heteroatoms. The van der Waals surface area contributed by atoms with Crippen molar-refractivity contribution >= 4 is 11.9 Å². The molecule has 0 aromatic heterocycles. The number of hydrogen-bond acceptors (Lipinski definition) is 4. The van der Waals surface area contributed by atoms with E-state index in [0.717, 1.165) is 25.7 Å². The number of carboxylic acids is 1. The standard InChI is InChI=1S/C14H18FN3O.C9H13FO2/c1-8(15)14(3-2-4-14)12(17)13(19)18-10(7-16)5-9-6-11(9)18;1-6(8(11)12)9(7(2)10)4-3-5-9/h9-12H,1-6,17H2;6H,2-5H2,1H3,(H,11,12)/t9-,10?,11+,12-;/m1./s1. The van der Waals surface area contributed by atoms with E-state index in [9.17, 15) is 18.4 Å². The van der Waals surface area contributed by atoms with Crippen LogP contribution in [0.1, 0.15) is 58.3 Å². The first kappa shape index (κ1) is 23.4. The summed E-state index contributed by atoms with van der Waals surface area (Å²) in [4.78, 5) is 24.8. The molecule has 170 valence electrons. The Kier molecular flexibility index (Phi) is 6.30. The molecule has 4 aliphatic rings. The number of allylic oxidation sites excluding steroid dienone is 1. The van der Waals surface area contributed by atoms with Crippen molar-refractivity contribution in [3.63, 3.8) is 0 Å². The van der Waals surface area contributed by atoms with Crippen LogP contribution in [-0.2, 0) is 9.59 Å². The van der Waals surface area contributed by atoms with E-state index in [2.05, 4.69) is 19.2 Å². The number of aliphatic carboxylic acids is 1. The third-order valence-electron chi connectivity index (χ3n) is 8.14. The molecule has 6 nitrogen and oxygen atoms in total. The molecule has 0 radical (unpaired) electrons. The molecule has 2 unspecified atom stereocenters. The normalized spacial score (nSPS) is 30.7. The molecule has 0 aromatic rings. The second-order valence-corrected chi connectivity index (χ2v) is 9.56. The minimum atomic E-state index is -0.937. The van der Waals surface area contributed by atoms with Crippen LogP contribution in [0.5, 0.6) is 0 Å². The molecule has 1 amide bonds. The minimum Gasteiger partial charge on any atom is -0.481 e. The Bertz CT molecular complexity index is 828. The number of carboxylic acid groups (broad SMARTS) is 1. The van der Waals surface area contributed by atoms with Crippen molar-refractivity contribution in [1.82, 2.24) is 4.90 Å². The van der Waals surface area contributed by atoms with Crippen LogP contribution in [0, 0.1) is 34.0 Å². The van der Waals surface area contributed by atoms with Gasteiger partial charge >= 0.3 is 5.97 Å². The maximum absolute atomic E-state index is 13.7. The van der Waals surface area contributed by atoms with Crippen LogP contribution in [0.3, 0.4) is 0 Å². The number of piperidine rings is 1. The highest BCUT2D eigenvalue weighted by Gasteiger charge is 2.58. The summed E-state index contributed by atoms with van der Waals surface area (Å²) in [5.74, 6) is -2.36. The van der Waals surface area contributed by atoms with E-state index in [1.54, 1.807) is 11.8 Å². The number of carbonyl (C=O) groups is 2. The summed E-state index contributed by atoms with van der Waals surface area (Å²) in [6.45, 7) is 8.14. The molecule has 0 bridgehead atoms. The highest BCUT2D eigenvalue weighted by molar-refractivity contribution is 5.85. The molecule has 4 rings (SSSR count). The van der Waals surface area contributed by atoms with Crippen molar-refractivity contribution < 1.29 is 23.5 Å². The zero-order valence-corrected chi connectivity index (χ0v) is 17.9. The predicted octanol–water partition coefficient (Wildman–Crippen LogP) is 3.84. The van der Waals surface area contributed by atoms with Crippen molar-refractivity contribution in [2.75, 3.05) is 0 Å². The summed E-state index contributed by atoms with van der Waals surface area (Å²) >= 11 is 0. The maximum atomic E-state index is 13.7. The van der Waals surface area contributed by atoms with E-state index in [-0.39, 0.29) is 18.0 Å². The Morgan fingerprint density at radius 2 is 1.65 bits per heavy atom. The average Bonchev–Trinajstić information content (AvgIpc) is 3.29. The lowest BCUT2D eigenvalue weighted by atomic mass is 9.61. The fourth-order valence-corrected chi connectivity index (χ4v) is 5.33. The molecule has 5 atom stereocenters. The molecule has 3 saturated carbocycles. The van der Waals surface area contributed by atoms with Crippen LogP contribution < -0.4 is 5.73 Å². The van der Waals surface area contributed by atoms with E-state index in [1.165, 1.54) is 0 Å².